The lowest BCUT2D eigenvalue weighted by atomic mass is 10.0. The van der Waals surface area contributed by atoms with Gasteiger partial charge >= 0.3 is 5.97 Å². The molecule has 0 aliphatic carbocycles. The zero-order valence-corrected chi connectivity index (χ0v) is 15.5. The molecule has 0 bridgehead atoms. The minimum atomic E-state index is -0.726. The molecule has 0 N–H and O–H groups in total. The fourth-order valence-electron chi connectivity index (χ4n) is 2.79. The molecule has 0 radical (unpaired) electrons. The lowest BCUT2D eigenvalue weighted by Gasteiger charge is -2.16. The molecule has 0 aliphatic heterocycles. The topological polar surface area (TPSA) is 61.2 Å². The molecule has 0 saturated heterocycles. The van der Waals surface area contributed by atoms with Crippen LogP contribution in [0.2, 0.25) is 0 Å². The number of esters is 1. The zero-order valence-electron chi connectivity index (χ0n) is 14.6. The second kappa shape index (κ2) is 6.80. The normalized spacial score (nSPS) is 12.5. The first-order chi connectivity index (χ1) is 11.9. The molecule has 5 nitrogen and oxygen atoms in total. The molecule has 0 spiro atoms. The van der Waals surface area contributed by atoms with Crippen LogP contribution in [-0.4, -0.2) is 21.6 Å². The Hall–Kier alpha value is -2.47. The van der Waals surface area contributed by atoms with E-state index in [0.29, 0.717) is 10.2 Å². The Morgan fingerprint density at radius 2 is 1.88 bits per heavy atom. The number of fused-ring (bicyclic) bond motifs is 1. The van der Waals surface area contributed by atoms with Gasteiger partial charge in [-0.05, 0) is 33.3 Å². The first-order valence-corrected chi connectivity index (χ1v) is 8.98. The SMILES string of the molecule is Cc1sc2ncn([C@@H](C)C(=O)OC(C)C)c(=O)c2c1-c1ccccc1. The van der Waals surface area contributed by atoms with E-state index in [9.17, 15) is 9.59 Å². The van der Waals surface area contributed by atoms with Gasteiger partial charge in [-0.25, -0.2) is 9.78 Å². The van der Waals surface area contributed by atoms with Gasteiger partial charge in [-0.2, -0.15) is 0 Å². The van der Waals surface area contributed by atoms with E-state index < -0.39 is 12.0 Å². The molecule has 1 aromatic carbocycles. The summed E-state index contributed by atoms with van der Waals surface area (Å²) in [5.41, 5.74) is 1.64. The monoisotopic (exact) mass is 356 g/mol. The number of ether oxygens (including phenoxy) is 1. The fourth-order valence-corrected chi connectivity index (χ4v) is 3.79. The fraction of sp³-hybridized carbons (Fsp3) is 0.316. The summed E-state index contributed by atoms with van der Waals surface area (Å²) < 4.78 is 6.58. The third-order valence-corrected chi connectivity index (χ3v) is 5.00. The number of aryl methyl sites for hydroxylation is 1. The van der Waals surface area contributed by atoms with Gasteiger partial charge in [-0.1, -0.05) is 30.3 Å². The third kappa shape index (κ3) is 3.22. The standard InChI is InChI=1S/C19H20N2O3S/c1-11(2)24-19(23)12(3)21-10-20-17-16(18(21)22)15(13(4)25-17)14-8-6-5-7-9-14/h5-12H,1-4H3/t12-/m0/s1. The highest BCUT2D eigenvalue weighted by Crippen LogP contribution is 2.35. The van der Waals surface area contributed by atoms with Crippen molar-refractivity contribution in [1.29, 1.82) is 0 Å². The van der Waals surface area contributed by atoms with E-state index in [-0.39, 0.29) is 11.7 Å². The largest absolute Gasteiger partial charge is 0.461 e. The summed E-state index contributed by atoms with van der Waals surface area (Å²) in [5, 5.41) is 0.556. The summed E-state index contributed by atoms with van der Waals surface area (Å²) in [6.45, 7) is 7.20. The minimum absolute atomic E-state index is 0.221. The summed E-state index contributed by atoms with van der Waals surface area (Å²) in [7, 11) is 0. The van der Waals surface area contributed by atoms with Crippen LogP contribution in [0.3, 0.4) is 0 Å². The molecule has 0 unspecified atom stereocenters. The second-order valence-corrected chi connectivity index (χ2v) is 7.40. The van der Waals surface area contributed by atoms with Gasteiger partial charge in [0, 0.05) is 10.4 Å². The Bertz CT molecular complexity index is 973. The maximum Gasteiger partial charge on any atom is 0.329 e. The van der Waals surface area contributed by atoms with E-state index in [1.807, 2.05) is 37.3 Å². The molecule has 0 saturated carbocycles. The van der Waals surface area contributed by atoms with Gasteiger partial charge in [-0.15, -0.1) is 11.3 Å². The van der Waals surface area contributed by atoms with Gasteiger partial charge in [0.05, 0.1) is 17.8 Å². The molecule has 130 valence electrons. The maximum absolute atomic E-state index is 13.1. The average molecular weight is 356 g/mol. The Balaban J connectivity index is 2.17. The third-order valence-electron chi connectivity index (χ3n) is 3.99. The highest BCUT2D eigenvalue weighted by atomic mass is 32.1. The van der Waals surface area contributed by atoms with E-state index in [2.05, 4.69) is 4.98 Å². The van der Waals surface area contributed by atoms with Gasteiger partial charge < -0.3 is 4.74 Å². The van der Waals surface area contributed by atoms with Crippen LogP contribution < -0.4 is 5.56 Å². The first-order valence-electron chi connectivity index (χ1n) is 8.16. The second-order valence-electron chi connectivity index (χ2n) is 6.20. The zero-order chi connectivity index (χ0) is 18.1. The quantitative estimate of drug-likeness (QED) is 0.664. The lowest BCUT2D eigenvalue weighted by Crippen LogP contribution is -2.30. The van der Waals surface area contributed by atoms with Crippen molar-refractivity contribution in [1.82, 2.24) is 9.55 Å². The van der Waals surface area contributed by atoms with Gasteiger partial charge in [0.25, 0.3) is 5.56 Å². The van der Waals surface area contributed by atoms with E-state index in [0.717, 1.165) is 16.0 Å². The summed E-state index contributed by atoms with van der Waals surface area (Å²) in [5.74, 6) is -0.438. The van der Waals surface area contributed by atoms with Crippen molar-refractivity contribution < 1.29 is 9.53 Å². The molecule has 0 fully saturated rings. The molecule has 1 atom stereocenters. The summed E-state index contributed by atoms with van der Waals surface area (Å²) in [6, 6.07) is 9.04. The molecule has 6 heteroatoms. The number of benzene rings is 1. The van der Waals surface area contributed by atoms with Gasteiger partial charge in [-0.3, -0.25) is 9.36 Å². The van der Waals surface area contributed by atoms with Gasteiger partial charge in [0.1, 0.15) is 10.9 Å². The van der Waals surface area contributed by atoms with Crippen molar-refractivity contribution in [3.05, 3.63) is 51.9 Å². The number of thiophene rings is 1. The minimum Gasteiger partial charge on any atom is -0.461 e. The predicted molar refractivity (Wildman–Crippen MR) is 100.0 cm³/mol. The molecule has 2 aromatic heterocycles. The maximum atomic E-state index is 13.1. The van der Waals surface area contributed by atoms with Crippen LogP contribution in [0.4, 0.5) is 0 Å². The van der Waals surface area contributed by atoms with Crippen molar-refractivity contribution in [2.75, 3.05) is 0 Å². The Labute approximate surface area is 149 Å². The van der Waals surface area contributed by atoms with Crippen LogP contribution in [-0.2, 0) is 9.53 Å². The van der Waals surface area contributed by atoms with Gasteiger partial charge in [0.15, 0.2) is 0 Å². The number of hydrogen-bond donors (Lipinski definition) is 0. The molecule has 25 heavy (non-hydrogen) atoms. The number of aromatic nitrogens is 2. The smallest absolute Gasteiger partial charge is 0.329 e. The van der Waals surface area contributed by atoms with E-state index >= 15 is 0 Å². The molecule has 0 amide bonds. The van der Waals surface area contributed by atoms with Crippen molar-refractivity contribution in [3.63, 3.8) is 0 Å². The van der Waals surface area contributed by atoms with Crippen LogP contribution in [0.15, 0.2) is 41.5 Å². The Morgan fingerprint density at radius 1 is 1.20 bits per heavy atom. The Morgan fingerprint density at radius 3 is 2.52 bits per heavy atom. The number of rotatable bonds is 4. The molecule has 0 aliphatic rings. The first kappa shape index (κ1) is 17.4. The summed E-state index contributed by atoms with van der Waals surface area (Å²) in [4.78, 5) is 31.4. The van der Waals surface area contributed by atoms with Crippen molar-refractivity contribution in [3.8, 4) is 11.1 Å². The molecule has 2 heterocycles. The van der Waals surface area contributed by atoms with Crippen molar-refractivity contribution in [2.45, 2.75) is 39.8 Å². The predicted octanol–water partition coefficient (Wildman–Crippen LogP) is 3.95. The van der Waals surface area contributed by atoms with E-state index in [4.69, 9.17) is 4.74 Å². The van der Waals surface area contributed by atoms with Crippen LogP contribution >= 0.6 is 11.3 Å². The average Bonchev–Trinajstić information content (AvgIpc) is 2.91. The molecular weight excluding hydrogens is 336 g/mol. The highest BCUT2D eigenvalue weighted by molar-refractivity contribution is 7.19. The number of nitrogens with zero attached hydrogens (tertiary/aromatic N) is 2. The number of carbonyl (C=O) groups is 1. The van der Waals surface area contributed by atoms with E-state index in [1.165, 1.54) is 22.2 Å². The molecule has 3 rings (SSSR count). The lowest BCUT2D eigenvalue weighted by molar-refractivity contribution is -0.151. The van der Waals surface area contributed by atoms with Crippen LogP contribution in [0.1, 0.15) is 31.7 Å². The summed E-state index contributed by atoms with van der Waals surface area (Å²) >= 11 is 1.49. The van der Waals surface area contributed by atoms with Gasteiger partial charge in [0.2, 0.25) is 0 Å². The number of carbonyl (C=O) groups excluding carboxylic acids is 1. The van der Waals surface area contributed by atoms with Crippen LogP contribution in [0.5, 0.6) is 0 Å². The number of hydrogen-bond acceptors (Lipinski definition) is 5. The Kier molecular flexibility index (Phi) is 4.72. The van der Waals surface area contributed by atoms with Crippen LogP contribution in [0.25, 0.3) is 21.3 Å². The van der Waals surface area contributed by atoms with Crippen LogP contribution in [0, 0.1) is 6.92 Å². The van der Waals surface area contributed by atoms with Crippen molar-refractivity contribution >= 4 is 27.5 Å². The highest BCUT2D eigenvalue weighted by Gasteiger charge is 2.23. The van der Waals surface area contributed by atoms with E-state index in [1.54, 1.807) is 20.8 Å². The van der Waals surface area contributed by atoms with Crippen molar-refractivity contribution in [2.24, 2.45) is 0 Å². The molecule has 3 aromatic rings. The molecular formula is C19H20N2O3S. The summed E-state index contributed by atoms with van der Waals surface area (Å²) in [6.07, 6.45) is 1.20.